The summed E-state index contributed by atoms with van der Waals surface area (Å²) < 4.78 is 10.7. The fourth-order valence-electron chi connectivity index (χ4n) is 4.26. The van der Waals surface area contributed by atoms with Gasteiger partial charge < -0.3 is 24.2 Å². The molecule has 0 fully saturated rings. The maximum atomic E-state index is 13.2. The number of rotatable bonds is 5. The Bertz CT molecular complexity index is 1630. The van der Waals surface area contributed by atoms with E-state index in [1.54, 1.807) is 30.3 Å². The highest BCUT2D eigenvalue weighted by atomic mass is 16.4. The summed E-state index contributed by atoms with van der Waals surface area (Å²) in [6.45, 7) is 0. The standard InChI is InChI=1S/C27H18O8/c28-18-10-4-1-7-14(18)19(29)13-17(22-24(30)15-8-2-5-11-20(15)34-26(22)32)23-25(31)16-9-3-6-12-21(16)35-27(23)33/h1-12,17,28,30-31H,13H2. The van der Waals surface area contributed by atoms with Gasteiger partial charge in [-0.3, -0.25) is 4.79 Å². The van der Waals surface area contributed by atoms with Crippen molar-refractivity contribution < 1.29 is 28.9 Å². The molecule has 0 aliphatic heterocycles. The molecule has 8 nitrogen and oxygen atoms in total. The van der Waals surface area contributed by atoms with E-state index in [2.05, 4.69) is 0 Å². The smallest absolute Gasteiger partial charge is 0.343 e. The van der Waals surface area contributed by atoms with Crippen LogP contribution in [0.5, 0.6) is 17.2 Å². The molecule has 174 valence electrons. The number of hydrogen-bond donors (Lipinski definition) is 3. The monoisotopic (exact) mass is 470 g/mol. The Balaban J connectivity index is 1.79. The number of para-hydroxylation sites is 3. The topological polar surface area (TPSA) is 138 Å². The summed E-state index contributed by atoms with van der Waals surface area (Å²) in [6, 6.07) is 18.3. The lowest BCUT2D eigenvalue weighted by molar-refractivity contribution is 0.0974. The lowest BCUT2D eigenvalue weighted by atomic mass is 9.85. The van der Waals surface area contributed by atoms with Crippen LogP contribution in [0.2, 0.25) is 0 Å². The van der Waals surface area contributed by atoms with Crippen LogP contribution in [0, 0.1) is 0 Å². The Hall–Kier alpha value is -4.85. The molecule has 3 aromatic carbocycles. The largest absolute Gasteiger partial charge is 0.507 e. The van der Waals surface area contributed by atoms with E-state index in [0.717, 1.165) is 0 Å². The van der Waals surface area contributed by atoms with Gasteiger partial charge in [0.15, 0.2) is 5.78 Å². The van der Waals surface area contributed by atoms with E-state index in [4.69, 9.17) is 8.83 Å². The number of aromatic hydroxyl groups is 3. The first-order valence-electron chi connectivity index (χ1n) is 10.7. The number of benzene rings is 3. The number of fused-ring (bicyclic) bond motifs is 2. The first-order chi connectivity index (χ1) is 16.9. The molecule has 0 radical (unpaired) electrons. The summed E-state index contributed by atoms with van der Waals surface area (Å²) in [5, 5.41) is 32.6. The van der Waals surface area contributed by atoms with Crippen molar-refractivity contribution in [3.63, 3.8) is 0 Å². The minimum atomic E-state index is -1.44. The van der Waals surface area contributed by atoms with Gasteiger partial charge in [0.05, 0.1) is 27.5 Å². The van der Waals surface area contributed by atoms with E-state index >= 15 is 0 Å². The molecule has 0 saturated carbocycles. The summed E-state index contributed by atoms with van der Waals surface area (Å²) in [7, 11) is 0. The molecule has 2 heterocycles. The van der Waals surface area contributed by atoms with Crippen LogP contribution in [0.15, 0.2) is 91.2 Å². The second kappa shape index (κ2) is 8.49. The number of phenols is 1. The molecule has 0 atom stereocenters. The third-order valence-electron chi connectivity index (χ3n) is 5.93. The van der Waals surface area contributed by atoms with Crippen LogP contribution in [0.3, 0.4) is 0 Å². The van der Waals surface area contributed by atoms with Gasteiger partial charge in [0.2, 0.25) is 0 Å². The molecule has 0 bridgehead atoms. The van der Waals surface area contributed by atoms with Crippen molar-refractivity contribution >= 4 is 27.7 Å². The molecule has 8 heteroatoms. The van der Waals surface area contributed by atoms with E-state index in [9.17, 15) is 29.7 Å². The summed E-state index contributed by atoms with van der Waals surface area (Å²) in [4.78, 5) is 39.3. The zero-order chi connectivity index (χ0) is 24.7. The van der Waals surface area contributed by atoms with Crippen LogP contribution < -0.4 is 11.3 Å². The highest BCUT2D eigenvalue weighted by molar-refractivity contribution is 5.99. The SMILES string of the molecule is O=C(CC(c1c(O)c2ccccc2oc1=O)c1c(O)c2ccccc2oc1=O)c1ccccc1O. The molecule has 0 saturated heterocycles. The van der Waals surface area contributed by atoms with Crippen LogP contribution in [0.25, 0.3) is 21.9 Å². The molecular weight excluding hydrogens is 452 g/mol. The van der Waals surface area contributed by atoms with Crippen LogP contribution >= 0.6 is 0 Å². The van der Waals surface area contributed by atoms with E-state index in [0.29, 0.717) is 0 Å². The first kappa shape index (κ1) is 22.0. The molecule has 0 unspecified atom stereocenters. The molecule has 0 aliphatic carbocycles. The molecule has 35 heavy (non-hydrogen) atoms. The van der Waals surface area contributed by atoms with Crippen LogP contribution in [-0.2, 0) is 0 Å². The summed E-state index contributed by atoms with van der Waals surface area (Å²) in [5.74, 6) is -3.34. The summed E-state index contributed by atoms with van der Waals surface area (Å²) >= 11 is 0. The highest BCUT2D eigenvalue weighted by Gasteiger charge is 2.33. The molecule has 5 aromatic rings. The van der Waals surface area contributed by atoms with Crippen molar-refractivity contribution in [2.45, 2.75) is 12.3 Å². The Morgan fingerprint density at radius 2 is 1.14 bits per heavy atom. The first-order valence-corrected chi connectivity index (χ1v) is 10.7. The second-order valence-corrected chi connectivity index (χ2v) is 7.99. The maximum absolute atomic E-state index is 13.2. The third-order valence-corrected chi connectivity index (χ3v) is 5.93. The Labute approximate surface area is 196 Å². The van der Waals surface area contributed by atoms with Crippen LogP contribution in [-0.4, -0.2) is 21.1 Å². The number of carbonyl (C=O) groups is 1. The second-order valence-electron chi connectivity index (χ2n) is 7.99. The average molecular weight is 470 g/mol. The average Bonchev–Trinajstić information content (AvgIpc) is 2.84. The van der Waals surface area contributed by atoms with Gasteiger partial charge in [0.25, 0.3) is 0 Å². The summed E-state index contributed by atoms with van der Waals surface area (Å²) in [5.41, 5.74) is -2.56. The maximum Gasteiger partial charge on any atom is 0.343 e. The Morgan fingerprint density at radius 1 is 0.686 bits per heavy atom. The zero-order valence-corrected chi connectivity index (χ0v) is 18.1. The quantitative estimate of drug-likeness (QED) is 0.253. The minimum absolute atomic E-state index is 0.0492. The van der Waals surface area contributed by atoms with Crippen LogP contribution in [0.4, 0.5) is 0 Å². The van der Waals surface area contributed by atoms with Gasteiger partial charge in [-0.05, 0) is 36.4 Å². The summed E-state index contributed by atoms with van der Waals surface area (Å²) in [6.07, 6.45) is -0.551. The lowest BCUT2D eigenvalue weighted by Crippen LogP contribution is -2.22. The van der Waals surface area contributed by atoms with Crippen molar-refractivity contribution in [3.05, 3.63) is 110 Å². The predicted molar refractivity (Wildman–Crippen MR) is 127 cm³/mol. The Morgan fingerprint density at radius 3 is 1.66 bits per heavy atom. The van der Waals surface area contributed by atoms with Gasteiger partial charge in [-0.1, -0.05) is 36.4 Å². The molecule has 0 aliphatic rings. The number of carbonyl (C=O) groups excluding carboxylic acids is 1. The van der Waals surface area contributed by atoms with Gasteiger partial charge in [-0.2, -0.15) is 0 Å². The van der Waals surface area contributed by atoms with Gasteiger partial charge in [-0.25, -0.2) is 9.59 Å². The van der Waals surface area contributed by atoms with Gasteiger partial charge >= 0.3 is 11.3 Å². The number of ketones is 1. The lowest BCUT2D eigenvalue weighted by Gasteiger charge is -2.19. The molecule has 2 aromatic heterocycles. The normalized spacial score (nSPS) is 11.3. The number of Topliss-reactive ketones (excluding diaryl/α,β-unsaturated/α-hetero) is 1. The van der Waals surface area contributed by atoms with Crippen molar-refractivity contribution in [2.75, 3.05) is 0 Å². The molecule has 0 spiro atoms. The van der Waals surface area contributed by atoms with Crippen molar-refractivity contribution in [1.29, 1.82) is 0 Å². The zero-order valence-electron chi connectivity index (χ0n) is 18.1. The van der Waals surface area contributed by atoms with Crippen LogP contribution in [0.1, 0.15) is 33.8 Å². The van der Waals surface area contributed by atoms with E-state index in [-0.39, 0.29) is 44.4 Å². The molecule has 3 N–H and O–H groups in total. The predicted octanol–water partition coefficient (Wildman–Crippen LogP) is 4.42. The molecular formula is C27H18O8. The minimum Gasteiger partial charge on any atom is -0.507 e. The Kier molecular flexibility index (Phi) is 5.33. The molecule has 5 rings (SSSR count). The van der Waals surface area contributed by atoms with Crippen molar-refractivity contribution in [1.82, 2.24) is 0 Å². The van der Waals surface area contributed by atoms with Crippen molar-refractivity contribution in [3.8, 4) is 17.2 Å². The fourth-order valence-corrected chi connectivity index (χ4v) is 4.26. The highest BCUT2D eigenvalue weighted by Crippen LogP contribution is 2.40. The van der Waals surface area contributed by atoms with Gasteiger partial charge in [0, 0.05) is 12.3 Å². The van der Waals surface area contributed by atoms with Gasteiger partial charge in [-0.15, -0.1) is 0 Å². The fraction of sp³-hybridized carbons (Fsp3) is 0.0741. The van der Waals surface area contributed by atoms with E-state index in [1.165, 1.54) is 42.5 Å². The molecule has 0 amide bonds. The van der Waals surface area contributed by atoms with Gasteiger partial charge in [0.1, 0.15) is 28.4 Å². The third kappa shape index (κ3) is 3.71. The number of phenolic OH excluding ortho intramolecular Hbond substituents is 1. The number of hydrogen-bond acceptors (Lipinski definition) is 8. The van der Waals surface area contributed by atoms with E-state index < -0.39 is 40.9 Å². The van der Waals surface area contributed by atoms with Crippen molar-refractivity contribution in [2.24, 2.45) is 0 Å². The van der Waals surface area contributed by atoms with E-state index in [1.807, 2.05) is 0 Å².